The molecule has 20 heteroatoms. The van der Waals surface area contributed by atoms with Crippen LogP contribution in [0.4, 0.5) is 0 Å². The van der Waals surface area contributed by atoms with Gasteiger partial charge in [0.25, 0.3) is 0 Å². The fourth-order valence-electron chi connectivity index (χ4n) is 16.1. The molecule has 4 heterocycles. The molecule has 0 amide bonds. The lowest BCUT2D eigenvalue weighted by molar-refractivity contribution is -0.390. The molecule has 414 valence electrons. The molecule has 9 aliphatic rings. The number of aliphatic hydroxyl groups is 12. The Hall–Kier alpha value is -1.06. The van der Waals surface area contributed by atoms with Crippen molar-refractivity contribution in [3.63, 3.8) is 0 Å². The minimum absolute atomic E-state index is 0.0145. The van der Waals surface area contributed by atoms with Crippen molar-refractivity contribution in [2.45, 2.75) is 236 Å². The Balaban J connectivity index is 0.887. The van der Waals surface area contributed by atoms with Gasteiger partial charge in [-0.15, -0.1) is 0 Å². The van der Waals surface area contributed by atoms with E-state index >= 15 is 0 Å². The second-order valence-corrected chi connectivity index (χ2v) is 25.5. The molecule has 27 unspecified atom stereocenters. The van der Waals surface area contributed by atoms with Gasteiger partial charge in [0, 0.05) is 5.41 Å². The van der Waals surface area contributed by atoms with Crippen LogP contribution in [0.2, 0.25) is 0 Å². The zero-order valence-corrected chi connectivity index (χ0v) is 43.2. The Labute approximate surface area is 422 Å². The van der Waals surface area contributed by atoms with E-state index in [4.69, 9.17) is 37.9 Å². The van der Waals surface area contributed by atoms with Crippen molar-refractivity contribution in [2.75, 3.05) is 26.4 Å². The Bertz CT molecular complexity index is 1940. The van der Waals surface area contributed by atoms with Crippen molar-refractivity contribution in [1.82, 2.24) is 0 Å². The maximum atomic E-state index is 12.1. The van der Waals surface area contributed by atoms with Gasteiger partial charge in [0.2, 0.25) is 0 Å². The van der Waals surface area contributed by atoms with Crippen LogP contribution in [0.3, 0.4) is 0 Å². The summed E-state index contributed by atoms with van der Waals surface area (Å²) in [6.45, 7) is 16.0. The monoisotopic (exact) mass is 1030 g/mol. The lowest BCUT2D eigenvalue weighted by atomic mass is 9.33. The summed E-state index contributed by atoms with van der Waals surface area (Å²) >= 11 is 0. The summed E-state index contributed by atoms with van der Waals surface area (Å²) < 4.78 is 48.0. The lowest BCUT2D eigenvalue weighted by Gasteiger charge is -2.72. The van der Waals surface area contributed by atoms with E-state index in [0.717, 1.165) is 44.9 Å². The quantitative estimate of drug-likeness (QED) is 0.0989. The molecule has 20 nitrogen and oxygen atoms in total. The summed E-state index contributed by atoms with van der Waals surface area (Å²) in [5, 5.41) is 132. The third-order valence-corrected chi connectivity index (χ3v) is 20.8. The Morgan fingerprint density at radius 3 is 1.78 bits per heavy atom. The summed E-state index contributed by atoms with van der Waals surface area (Å²) in [6, 6.07) is 0. The highest BCUT2D eigenvalue weighted by Gasteiger charge is 2.70. The van der Waals surface area contributed by atoms with Crippen LogP contribution in [0.25, 0.3) is 0 Å². The number of rotatable bonds is 10. The SMILES string of the molecule is CC1OC(OC2C(OC3C(OC4C(CO)OC(OC5CCC6(C)C(CCC7(C)C6CC=C6C8CC(C)(C)CCC8(CO)C(O)CC67C)C5(C)C)C(O)C4O)OCC(O)C3O)OCC(O)C2O)C(O)C(O)C1O. The topological polar surface area (TPSA) is 317 Å². The first-order chi connectivity index (χ1) is 33.7. The van der Waals surface area contributed by atoms with Gasteiger partial charge >= 0.3 is 0 Å². The van der Waals surface area contributed by atoms with Gasteiger partial charge in [-0.1, -0.05) is 60.1 Å². The highest BCUT2D eigenvalue weighted by atomic mass is 16.8. The first-order valence-corrected chi connectivity index (χ1v) is 26.6. The van der Waals surface area contributed by atoms with Crippen LogP contribution in [0.1, 0.15) is 113 Å². The van der Waals surface area contributed by atoms with Gasteiger partial charge in [-0.3, -0.25) is 0 Å². The Morgan fingerprint density at radius 1 is 0.583 bits per heavy atom. The molecule has 0 bridgehead atoms. The molecule has 4 saturated carbocycles. The minimum Gasteiger partial charge on any atom is -0.396 e. The standard InChI is InChI=1S/C52H86O20/c1-23-33(58)36(61)38(63)43(67-23)71-41-34(59)26(55)21-66-46(41)72-42-35(60)27(56)20-65-45(42)70-40-28(19-53)68-44(39(64)37(40)62)69-32-12-13-49(6)29(48(32,4)5)11-14-50(7)30(49)10-9-24-25-17-47(2,3)15-16-52(25,22-54)31(57)18-51(24,50)8/h9,23,25-46,53-64H,10-22H2,1-8H3. The summed E-state index contributed by atoms with van der Waals surface area (Å²) in [6.07, 6.45) is -19.5. The van der Waals surface area contributed by atoms with Crippen LogP contribution in [0, 0.1) is 50.2 Å². The molecular weight excluding hydrogens is 945 g/mol. The highest BCUT2D eigenvalue weighted by Crippen LogP contribution is 2.76. The highest BCUT2D eigenvalue weighted by molar-refractivity contribution is 5.35. The van der Waals surface area contributed by atoms with Gasteiger partial charge in [-0.05, 0) is 110 Å². The van der Waals surface area contributed by atoms with Crippen molar-refractivity contribution >= 4 is 0 Å². The third-order valence-electron chi connectivity index (χ3n) is 20.8. The largest absolute Gasteiger partial charge is 0.396 e. The molecule has 0 aromatic heterocycles. The van der Waals surface area contributed by atoms with Gasteiger partial charge in [-0.25, -0.2) is 0 Å². The van der Waals surface area contributed by atoms with E-state index in [0.29, 0.717) is 18.8 Å². The number of fused-ring (bicyclic) bond motifs is 7. The van der Waals surface area contributed by atoms with Crippen LogP contribution >= 0.6 is 0 Å². The van der Waals surface area contributed by atoms with Gasteiger partial charge in [-0.2, -0.15) is 0 Å². The second-order valence-electron chi connectivity index (χ2n) is 25.5. The average molecular weight is 1030 g/mol. The third kappa shape index (κ3) is 8.91. The molecule has 9 rings (SSSR count). The van der Waals surface area contributed by atoms with E-state index in [9.17, 15) is 61.3 Å². The number of allylic oxidation sites excluding steroid dienone is 2. The fourth-order valence-corrected chi connectivity index (χ4v) is 16.1. The van der Waals surface area contributed by atoms with E-state index in [2.05, 4.69) is 54.5 Å². The van der Waals surface area contributed by atoms with E-state index < -0.39 is 153 Å². The lowest BCUT2D eigenvalue weighted by Crippen LogP contribution is -2.67. The van der Waals surface area contributed by atoms with Crippen LogP contribution < -0.4 is 0 Å². The first kappa shape index (κ1) is 55.7. The van der Waals surface area contributed by atoms with Crippen LogP contribution in [-0.4, -0.2) is 211 Å². The second kappa shape index (κ2) is 20.0. The van der Waals surface area contributed by atoms with Crippen molar-refractivity contribution in [3.05, 3.63) is 11.6 Å². The van der Waals surface area contributed by atoms with Gasteiger partial charge in [0.1, 0.15) is 79.4 Å². The maximum Gasteiger partial charge on any atom is 0.187 e. The van der Waals surface area contributed by atoms with E-state index in [1.807, 2.05) is 0 Å². The molecule has 72 heavy (non-hydrogen) atoms. The summed E-state index contributed by atoms with van der Waals surface area (Å²) in [4.78, 5) is 0. The molecule has 4 aliphatic heterocycles. The zero-order chi connectivity index (χ0) is 52.4. The van der Waals surface area contributed by atoms with Crippen molar-refractivity contribution in [2.24, 2.45) is 50.2 Å². The molecule has 4 saturated heterocycles. The molecule has 0 aromatic carbocycles. The van der Waals surface area contributed by atoms with E-state index in [1.165, 1.54) is 12.5 Å². The number of hydrogen-bond donors (Lipinski definition) is 12. The first-order valence-electron chi connectivity index (χ1n) is 26.6. The zero-order valence-electron chi connectivity index (χ0n) is 43.2. The predicted octanol–water partition coefficient (Wildman–Crippen LogP) is -0.285. The number of hydrogen-bond acceptors (Lipinski definition) is 20. The molecular formula is C52H86O20. The normalized spacial score (nSPS) is 55.4. The molecule has 0 radical (unpaired) electrons. The van der Waals surface area contributed by atoms with Gasteiger partial charge in [0.15, 0.2) is 25.2 Å². The van der Waals surface area contributed by atoms with E-state index in [-0.39, 0.29) is 40.1 Å². The molecule has 12 N–H and O–H groups in total. The van der Waals surface area contributed by atoms with Crippen LogP contribution in [0.15, 0.2) is 11.6 Å². The summed E-state index contributed by atoms with van der Waals surface area (Å²) in [7, 11) is 0. The minimum atomic E-state index is -1.81. The van der Waals surface area contributed by atoms with Crippen molar-refractivity contribution in [1.29, 1.82) is 0 Å². The molecule has 5 aliphatic carbocycles. The summed E-state index contributed by atoms with van der Waals surface area (Å²) in [5.41, 5.74) is 0.109. The molecule has 8 fully saturated rings. The maximum absolute atomic E-state index is 12.1. The summed E-state index contributed by atoms with van der Waals surface area (Å²) in [5.74, 6) is 0.618. The average Bonchev–Trinajstić information content (AvgIpc) is 3.32. The predicted molar refractivity (Wildman–Crippen MR) is 251 cm³/mol. The fraction of sp³-hybridized carbons (Fsp3) is 0.962. The van der Waals surface area contributed by atoms with Gasteiger partial charge in [0.05, 0.1) is 44.7 Å². The molecule has 0 aromatic rings. The molecule has 27 atom stereocenters. The number of ether oxygens (including phenoxy) is 8. The Kier molecular flexibility index (Phi) is 15.5. The Morgan fingerprint density at radius 2 is 1.17 bits per heavy atom. The van der Waals surface area contributed by atoms with Crippen molar-refractivity contribution < 1.29 is 99.2 Å². The molecule has 0 spiro atoms. The van der Waals surface area contributed by atoms with Crippen molar-refractivity contribution in [3.8, 4) is 0 Å². The van der Waals surface area contributed by atoms with Crippen LogP contribution in [-0.2, 0) is 37.9 Å². The van der Waals surface area contributed by atoms with E-state index in [1.54, 1.807) is 0 Å². The number of aliphatic hydroxyl groups excluding tert-OH is 12. The van der Waals surface area contributed by atoms with Crippen LogP contribution in [0.5, 0.6) is 0 Å². The smallest absolute Gasteiger partial charge is 0.187 e. The van der Waals surface area contributed by atoms with Gasteiger partial charge < -0.3 is 99.2 Å².